The molecule has 208 valence electrons. The van der Waals surface area contributed by atoms with Crippen molar-refractivity contribution in [1.82, 2.24) is 4.98 Å². The van der Waals surface area contributed by atoms with Gasteiger partial charge in [-0.15, -0.1) is 0 Å². The Bertz CT molecular complexity index is 1100. The number of hydrogen-bond donors (Lipinski definition) is 4. The summed E-state index contributed by atoms with van der Waals surface area (Å²) in [6.45, 7) is 11.1. The molecule has 1 aromatic heterocycles. The molecule has 5 rings (SSSR count). The molecule has 1 aromatic rings. The van der Waals surface area contributed by atoms with E-state index in [1.165, 1.54) is 42.6 Å². The van der Waals surface area contributed by atoms with Crippen LogP contribution in [0.3, 0.4) is 0 Å². The summed E-state index contributed by atoms with van der Waals surface area (Å²) in [6.07, 6.45) is 18.6. The van der Waals surface area contributed by atoms with Crippen LogP contribution in [-0.2, 0) is 11.8 Å². The van der Waals surface area contributed by atoms with Gasteiger partial charge < -0.3 is 20.3 Å². The first kappa shape index (κ1) is 27.7. The summed E-state index contributed by atoms with van der Waals surface area (Å²) in [5.41, 5.74) is 5.92. The first-order valence-corrected chi connectivity index (χ1v) is 15.2. The second-order valence-electron chi connectivity index (χ2n) is 13.2. The van der Waals surface area contributed by atoms with Crippen LogP contribution in [0.5, 0.6) is 0 Å². The molecular weight excluding hydrogens is 470 g/mol. The summed E-state index contributed by atoms with van der Waals surface area (Å²) in [6, 6.07) is 4.38. The third kappa shape index (κ3) is 5.17. The number of rotatable bonds is 8. The van der Waals surface area contributed by atoms with Gasteiger partial charge in [-0.3, -0.25) is 0 Å². The zero-order chi connectivity index (χ0) is 27.1. The minimum atomic E-state index is -0.635. The summed E-state index contributed by atoms with van der Waals surface area (Å²) in [5.74, 6) is 1.62. The van der Waals surface area contributed by atoms with Crippen LogP contribution in [0.4, 0.5) is 0 Å². The maximum Gasteiger partial charge on any atom is 0.0831 e. The maximum absolute atomic E-state index is 11.2. The summed E-state index contributed by atoms with van der Waals surface area (Å²) in [7, 11) is 0. The van der Waals surface area contributed by atoms with Gasteiger partial charge in [0.15, 0.2) is 0 Å². The van der Waals surface area contributed by atoms with Crippen LogP contribution in [0.2, 0.25) is 0 Å². The molecule has 4 aliphatic carbocycles. The SMILES string of the molecule is C=C1C(=CC=C2CCC[C@]3(C)[C@@H]([C@H](C)C=C[C@@H](O)C4(c5ccc(CCC)[nH]5)CC4)CC[C@@H]23)C[C@@H](O)C[C@@H]1O. The number of nitrogens with one attached hydrogen (secondary N) is 1. The molecule has 0 unspecified atom stereocenters. The molecule has 4 saturated carbocycles. The monoisotopic (exact) mass is 519 g/mol. The minimum absolute atomic E-state index is 0.122. The van der Waals surface area contributed by atoms with Crippen molar-refractivity contribution >= 4 is 0 Å². The molecule has 38 heavy (non-hydrogen) atoms. The van der Waals surface area contributed by atoms with Crippen LogP contribution in [0.25, 0.3) is 0 Å². The number of aryl methyl sites for hydroxylation is 1. The fraction of sp³-hybridized carbons (Fsp3) is 0.647. The number of aliphatic hydroxyl groups is 3. The molecule has 0 radical (unpaired) electrons. The molecule has 0 aromatic carbocycles. The largest absolute Gasteiger partial charge is 0.393 e. The zero-order valence-electron chi connectivity index (χ0n) is 23.8. The summed E-state index contributed by atoms with van der Waals surface area (Å²) < 4.78 is 0. The lowest BCUT2D eigenvalue weighted by molar-refractivity contribution is 0.0862. The van der Waals surface area contributed by atoms with E-state index in [1.807, 2.05) is 0 Å². The molecule has 4 nitrogen and oxygen atoms in total. The molecule has 4 N–H and O–H groups in total. The average molecular weight is 520 g/mol. The molecule has 0 saturated heterocycles. The molecule has 0 bridgehead atoms. The molecular formula is C34H49NO3. The highest BCUT2D eigenvalue weighted by Crippen LogP contribution is 2.60. The van der Waals surface area contributed by atoms with Crippen LogP contribution in [0.15, 0.2) is 59.7 Å². The first-order valence-electron chi connectivity index (χ1n) is 15.2. The van der Waals surface area contributed by atoms with E-state index in [9.17, 15) is 15.3 Å². The third-order valence-corrected chi connectivity index (χ3v) is 10.7. The fourth-order valence-electron chi connectivity index (χ4n) is 8.21. The summed E-state index contributed by atoms with van der Waals surface area (Å²) >= 11 is 0. The average Bonchev–Trinajstić information content (AvgIpc) is 3.42. The van der Waals surface area contributed by atoms with Crippen LogP contribution >= 0.6 is 0 Å². The van der Waals surface area contributed by atoms with E-state index >= 15 is 0 Å². The van der Waals surface area contributed by atoms with Crippen LogP contribution in [-0.4, -0.2) is 38.6 Å². The van der Waals surface area contributed by atoms with Crippen LogP contribution < -0.4 is 0 Å². The Morgan fingerprint density at radius 3 is 2.66 bits per heavy atom. The molecule has 7 atom stereocenters. The number of aromatic amines is 1. The van der Waals surface area contributed by atoms with Crippen LogP contribution in [0, 0.1) is 23.2 Å². The Kier molecular flexibility index (Phi) is 7.97. The quantitative estimate of drug-likeness (QED) is 0.289. The highest BCUT2D eigenvalue weighted by molar-refractivity contribution is 5.39. The van der Waals surface area contributed by atoms with Crippen molar-refractivity contribution in [3.63, 3.8) is 0 Å². The molecule has 0 aliphatic heterocycles. The Morgan fingerprint density at radius 1 is 1.13 bits per heavy atom. The van der Waals surface area contributed by atoms with Gasteiger partial charge in [-0.05, 0) is 104 Å². The number of aliphatic hydroxyl groups excluding tert-OH is 3. The number of aromatic nitrogens is 1. The lowest BCUT2D eigenvalue weighted by atomic mass is 9.61. The molecule has 0 amide bonds. The van der Waals surface area contributed by atoms with Gasteiger partial charge >= 0.3 is 0 Å². The number of hydrogen-bond acceptors (Lipinski definition) is 3. The second-order valence-corrected chi connectivity index (χ2v) is 13.2. The third-order valence-electron chi connectivity index (χ3n) is 10.7. The van der Waals surface area contributed by atoms with Gasteiger partial charge in [0.25, 0.3) is 0 Å². The Balaban J connectivity index is 1.27. The molecule has 4 fully saturated rings. The lowest BCUT2D eigenvalue weighted by Crippen LogP contribution is -2.35. The summed E-state index contributed by atoms with van der Waals surface area (Å²) in [4.78, 5) is 3.59. The Morgan fingerprint density at radius 2 is 1.92 bits per heavy atom. The Hall–Kier alpha value is -1.88. The highest BCUT2D eigenvalue weighted by atomic mass is 16.3. The van der Waals surface area contributed by atoms with E-state index in [1.54, 1.807) is 0 Å². The molecule has 0 spiro atoms. The van der Waals surface area contributed by atoms with E-state index in [4.69, 9.17) is 0 Å². The van der Waals surface area contributed by atoms with E-state index in [0.29, 0.717) is 30.6 Å². The van der Waals surface area contributed by atoms with Gasteiger partial charge in [0.1, 0.15) is 0 Å². The van der Waals surface area contributed by atoms with E-state index in [0.717, 1.165) is 43.3 Å². The lowest BCUT2D eigenvalue weighted by Gasteiger charge is -2.44. The van der Waals surface area contributed by atoms with Crippen molar-refractivity contribution in [3.05, 3.63) is 71.1 Å². The van der Waals surface area contributed by atoms with Gasteiger partial charge in [-0.25, -0.2) is 0 Å². The topological polar surface area (TPSA) is 76.5 Å². The summed E-state index contributed by atoms with van der Waals surface area (Å²) in [5, 5.41) is 31.6. The van der Waals surface area contributed by atoms with Gasteiger partial charge in [0.05, 0.1) is 18.3 Å². The normalized spacial score (nSPS) is 36.6. The number of fused-ring (bicyclic) bond motifs is 1. The second kappa shape index (κ2) is 10.9. The fourth-order valence-corrected chi connectivity index (χ4v) is 8.21. The molecule has 4 aliphatic rings. The van der Waals surface area contributed by atoms with Crippen molar-refractivity contribution in [2.75, 3.05) is 0 Å². The highest BCUT2D eigenvalue weighted by Gasteiger charge is 2.52. The minimum Gasteiger partial charge on any atom is -0.393 e. The van der Waals surface area contributed by atoms with Crippen molar-refractivity contribution < 1.29 is 15.3 Å². The standard InChI is InChI=1S/C34H49NO3/c1-5-7-26-12-15-31(35-26)34(18-19-34)32(38)16-9-22(2)28-13-14-29-24(8-6-17-33(28,29)4)10-11-25-20-27(36)21-30(37)23(25)3/h9-12,15-16,22,27-30,32,35-38H,3,5-8,13-14,17-21H2,1-2,4H3/t22-,27-,28-,29+,30+,32-,33-/m1/s1. The van der Waals surface area contributed by atoms with Gasteiger partial charge in [0.2, 0.25) is 0 Å². The van der Waals surface area contributed by atoms with Gasteiger partial charge in [-0.1, -0.05) is 63.6 Å². The predicted molar refractivity (Wildman–Crippen MR) is 155 cm³/mol. The maximum atomic E-state index is 11.2. The Labute approximate surface area is 229 Å². The van der Waals surface area contributed by atoms with E-state index in [-0.39, 0.29) is 10.8 Å². The number of H-pyrrole nitrogens is 1. The predicted octanol–water partition coefficient (Wildman–Crippen LogP) is 6.69. The van der Waals surface area contributed by atoms with E-state index < -0.39 is 18.3 Å². The van der Waals surface area contributed by atoms with Crippen molar-refractivity contribution in [2.45, 2.75) is 115 Å². The van der Waals surface area contributed by atoms with E-state index in [2.05, 4.69) is 68.8 Å². The van der Waals surface area contributed by atoms with Crippen molar-refractivity contribution in [1.29, 1.82) is 0 Å². The molecule has 1 heterocycles. The first-order chi connectivity index (χ1) is 18.2. The number of allylic oxidation sites excluding steroid dienone is 4. The zero-order valence-corrected chi connectivity index (χ0v) is 23.8. The van der Waals surface area contributed by atoms with Gasteiger partial charge in [-0.2, -0.15) is 0 Å². The van der Waals surface area contributed by atoms with Gasteiger partial charge in [0, 0.05) is 23.2 Å². The smallest absolute Gasteiger partial charge is 0.0831 e. The van der Waals surface area contributed by atoms with Crippen molar-refractivity contribution in [2.24, 2.45) is 23.2 Å². The molecule has 4 heteroatoms. The van der Waals surface area contributed by atoms with Crippen molar-refractivity contribution in [3.8, 4) is 0 Å². The van der Waals surface area contributed by atoms with Crippen LogP contribution in [0.1, 0.15) is 96.4 Å².